The van der Waals surface area contributed by atoms with Crippen molar-refractivity contribution >= 4 is 11.9 Å². The third kappa shape index (κ3) is 3.47. The lowest BCUT2D eigenvalue weighted by Crippen LogP contribution is -2.57. The van der Waals surface area contributed by atoms with Crippen LogP contribution >= 0.6 is 0 Å². The van der Waals surface area contributed by atoms with Crippen LogP contribution in [0.3, 0.4) is 0 Å². The first kappa shape index (κ1) is 18.5. The lowest BCUT2D eigenvalue weighted by Gasteiger charge is -2.38. The van der Waals surface area contributed by atoms with E-state index >= 15 is 0 Å². The number of carbonyl (C=O) groups excluding carboxylic acids is 2. The van der Waals surface area contributed by atoms with Gasteiger partial charge < -0.3 is 10.6 Å². The number of piperidine rings is 1. The van der Waals surface area contributed by atoms with Crippen LogP contribution in [0.2, 0.25) is 0 Å². The molecule has 0 aliphatic carbocycles. The number of benzene rings is 1. The minimum atomic E-state index is -1.04. The van der Waals surface area contributed by atoms with E-state index in [1.54, 1.807) is 30.6 Å². The molecular formula is C20H22FN5O2. The van der Waals surface area contributed by atoms with Crippen LogP contribution in [-0.4, -0.2) is 45.4 Å². The largest absolute Gasteiger partial charge is 0.325 e. The highest BCUT2D eigenvalue weighted by Gasteiger charge is 2.55. The number of imide groups is 1. The Kier molecular flexibility index (Phi) is 5.04. The van der Waals surface area contributed by atoms with Crippen molar-refractivity contribution in [1.29, 1.82) is 0 Å². The van der Waals surface area contributed by atoms with Gasteiger partial charge in [0.1, 0.15) is 17.2 Å². The monoisotopic (exact) mass is 383 g/mol. The molecule has 1 aromatic heterocycles. The summed E-state index contributed by atoms with van der Waals surface area (Å²) in [6, 6.07) is 7.34. The average Bonchev–Trinajstić information content (AvgIpc) is 2.96. The van der Waals surface area contributed by atoms with Gasteiger partial charge in [0, 0.05) is 18.8 Å². The van der Waals surface area contributed by atoms with Crippen molar-refractivity contribution in [1.82, 2.24) is 25.5 Å². The van der Waals surface area contributed by atoms with Crippen molar-refractivity contribution < 1.29 is 14.0 Å². The van der Waals surface area contributed by atoms with E-state index in [9.17, 15) is 14.0 Å². The second kappa shape index (κ2) is 7.63. The first-order chi connectivity index (χ1) is 13.6. The third-order valence-corrected chi connectivity index (χ3v) is 5.55. The fraction of sp³-hybridized carbons (Fsp3) is 0.400. The molecule has 1 aromatic carbocycles. The van der Waals surface area contributed by atoms with Gasteiger partial charge in [-0.2, -0.15) is 0 Å². The van der Waals surface area contributed by atoms with Crippen LogP contribution in [-0.2, 0) is 17.8 Å². The van der Waals surface area contributed by atoms with E-state index in [0.717, 1.165) is 31.5 Å². The maximum absolute atomic E-state index is 13.5. The highest BCUT2D eigenvalue weighted by Crippen LogP contribution is 2.35. The summed E-state index contributed by atoms with van der Waals surface area (Å²) in [6.45, 7) is 1.61. The Morgan fingerprint density at radius 2 is 1.79 bits per heavy atom. The Morgan fingerprint density at radius 3 is 2.46 bits per heavy atom. The van der Waals surface area contributed by atoms with Gasteiger partial charge in [0.2, 0.25) is 0 Å². The summed E-state index contributed by atoms with van der Waals surface area (Å²) >= 11 is 0. The summed E-state index contributed by atoms with van der Waals surface area (Å²) in [6.07, 6.45) is 5.05. The standard InChI is InChI=1S/C20H22FN5O2/c21-16-4-2-14(3-5-16)12-20(15-6-10-22-11-7-15)18(27)26(19(28)25-20)13-17-23-8-1-9-24-17/h1-5,8-9,15,22H,6-7,10-13H2,(H,25,28). The number of nitrogens with zero attached hydrogens (tertiary/aromatic N) is 3. The first-order valence-electron chi connectivity index (χ1n) is 9.44. The van der Waals surface area contributed by atoms with E-state index in [4.69, 9.17) is 0 Å². The zero-order valence-corrected chi connectivity index (χ0v) is 15.4. The Labute approximate surface area is 162 Å². The highest BCUT2D eigenvalue weighted by atomic mass is 19.1. The molecule has 1 unspecified atom stereocenters. The molecule has 3 heterocycles. The molecule has 0 saturated carbocycles. The van der Waals surface area contributed by atoms with E-state index in [1.165, 1.54) is 17.0 Å². The van der Waals surface area contributed by atoms with Crippen LogP contribution in [0.4, 0.5) is 9.18 Å². The Morgan fingerprint density at radius 1 is 1.11 bits per heavy atom. The molecule has 4 rings (SSSR count). The number of halogens is 1. The first-order valence-corrected chi connectivity index (χ1v) is 9.44. The lowest BCUT2D eigenvalue weighted by molar-refractivity contribution is -0.134. The normalized spacial score (nSPS) is 23.1. The zero-order chi connectivity index (χ0) is 19.6. The minimum Gasteiger partial charge on any atom is -0.322 e. The number of urea groups is 1. The molecule has 2 aliphatic heterocycles. The van der Waals surface area contributed by atoms with Crippen molar-refractivity contribution in [2.45, 2.75) is 31.3 Å². The van der Waals surface area contributed by atoms with Gasteiger partial charge in [-0.1, -0.05) is 12.1 Å². The van der Waals surface area contributed by atoms with E-state index in [-0.39, 0.29) is 24.2 Å². The quantitative estimate of drug-likeness (QED) is 0.767. The molecule has 146 valence electrons. The molecule has 7 nitrogen and oxygen atoms in total. The maximum Gasteiger partial charge on any atom is 0.325 e. The van der Waals surface area contributed by atoms with Gasteiger partial charge in [0.15, 0.2) is 0 Å². The smallest absolute Gasteiger partial charge is 0.322 e. The van der Waals surface area contributed by atoms with Crippen molar-refractivity contribution in [2.75, 3.05) is 13.1 Å². The minimum absolute atomic E-state index is 0.00283. The fourth-order valence-electron chi connectivity index (χ4n) is 4.12. The number of carbonyl (C=O) groups is 2. The molecule has 3 amide bonds. The zero-order valence-electron chi connectivity index (χ0n) is 15.4. The molecule has 2 saturated heterocycles. The molecular weight excluding hydrogens is 361 g/mol. The Bertz CT molecular complexity index is 855. The van der Waals surface area contributed by atoms with Gasteiger partial charge >= 0.3 is 6.03 Å². The Balaban J connectivity index is 1.65. The number of hydrogen-bond donors (Lipinski definition) is 2. The number of rotatable bonds is 5. The predicted molar refractivity (Wildman–Crippen MR) is 99.5 cm³/mol. The summed E-state index contributed by atoms with van der Waals surface area (Å²) in [7, 11) is 0. The number of aromatic nitrogens is 2. The van der Waals surface area contributed by atoms with Crippen LogP contribution in [0.5, 0.6) is 0 Å². The van der Waals surface area contributed by atoms with E-state index in [2.05, 4.69) is 20.6 Å². The molecule has 2 aliphatic rings. The molecule has 2 fully saturated rings. The Hall–Kier alpha value is -2.87. The topological polar surface area (TPSA) is 87.2 Å². The van der Waals surface area contributed by atoms with Gasteiger partial charge in [-0.15, -0.1) is 0 Å². The summed E-state index contributed by atoms with van der Waals surface area (Å²) in [5.41, 5.74) is -0.224. The van der Waals surface area contributed by atoms with Gasteiger partial charge in [0.05, 0.1) is 6.54 Å². The van der Waals surface area contributed by atoms with Gasteiger partial charge in [-0.05, 0) is 55.6 Å². The molecule has 28 heavy (non-hydrogen) atoms. The van der Waals surface area contributed by atoms with E-state index in [1.807, 2.05) is 0 Å². The van der Waals surface area contributed by atoms with Gasteiger partial charge in [-0.25, -0.2) is 19.2 Å². The molecule has 2 N–H and O–H groups in total. The molecule has 8 heteroatoms. The van der Waals surface area contributed by atoms with E-state index in [0.29, 0.717) is 12.2 Å². The fourth-order valence-corrected chi connectivity index (χ4v) is 4.12. The van der Waals surface area contributed by atoms with Crippen molar-refractivity contribution in [3.05, 3.63) is 59.9 Å². The summed E-state index contributed by atoms with van der Waals surface area (Å²) < 4.78 is 13.3. The predicted octanol–water partition coefficient (Wildman–Crippen LogP) is 1.65. The van der Waals surface area contributed by atoms with Crippen LogP contribution in [0, 0.1) is 11.7 Å². The summed E-state index contributed by atoms with van der Waals surface area (Å²) in [5.74, 6) is -0.184. The maximum atomic E-state index is 13.5. The number of amides is 3. The third-order valence-electron chi connectivity index (χ3n) is 5.55. The van der Waals surface area contributed by atoms with Gasteiger partial charge in [-0.3, -0.25) is 9.69 Å². The highest BCUT2D eigenvalue weighted by molar-refractivity contribution is 6.07. The van der Waals surface area contributed by atoms with Crippen LogP contribution in [0.15, 0.2) is 42.7 Å². The molecule has 0 spiro atoms. The second-order valence-electron chi connectivity index (χ2n) is 7.29. The molecule has 2 aromatic rings. The number of nitrogens with one attached hydrogen (secondary N) is 2. The average molecular weight is 383 g/mol. The SMILES string of the molecule is O=C1NC(Cc2ccc(F)cc2)(C2CCNCC2)C(=O)N1Cc1ncccn1. The molecule has 0 bridgehead atoms. The number of hydrogen-bond acceptors (Lipinski definition) is 5. The van der Waals surface area contributed by atoms with Gasteiger partial charge in [0.25, 0.3) is 5.91 Å². The summed E-state index contributed by atoms with van der Waals surface area (Å²) in [5, 5.41) is 6.28. The van der Waals surface area contributed by atoms with Crippen molar-refractivity contribution in [3.8, 4) is 0 Å². The van der Waals surface area contributed by atoms with Crippen LogP contribution in [0.25, 0.3) is 0 Å². The van der Waals surface area contributed by atoms with Crippen molar-refractivity contribution in [2.24, 2.45) is 5.92 Å². The van der Waals surface area contributed by atoms with Crippen molar-refractivity contribution in [3.63, 3.8) is 0 Å². The van der Waals surface area contributed by atoms with Crippen LogP contribution < -0.4 is 10.6 Å². The molecule has 0 radical (unpaired) electrons. The van der Waals surface area contributed by atoms with E-state index < -0.39 is 11.6 Å². The second-order valence-corrected chi connectivity index (χ2v) is 7.29. The van der Waals surface area contributed by atoms with Crippen LogP contribution in [0.1, 0.15) is 24.2 Å². The molecule has 1 atom stereocenters. The summed E-state index contributed by atoms with van der Waals surface area (Å²) in [4.78, 5) is 35.7. The lowest BCUT2D eigenvalue weighted by atomic mass is 9.74.